The van der Waals surface area contributed by atoms with Crippen LogP contribution in [0, 0.1) is 0 Å². The van der Waals surface area contributed by atoms with Crippen molar-refractivity contribution in [2.75, 3.05) is 20.8 Å². The fourth-order valence-corrected chi connectivity index (χ4v) is 2.16. The standard InChI is InChI=1S/C9H17BrN4O/c1-11-7(5-4-6-15-3)8-9(10)12-13-14(8)2/h7,11H,4-6H2,1-3H3. The molecule has 0 saturated carbocycles. The van der Waals surface area contributed by atoms with Crippen molar-refractivity contribution in [3.63, 3.8) is 0 Å². The van der Waals surface area contributed by atoms with Gasteiger partial charge in [-0.05, 0) is 35.8 Å². The Bertz CT molecular complexity index is 283. The third-order valence-corrected chi connectivity index (χ3v) is 2.91. The number of ether oxygens (including phenoxy) is 1. The fourth-order valence-electron chi connectivity index (χ4n) is 1.56. The number of methoxy groups -OCH3 is 1. The van der Waals surface area contributed by atoms with Gasteiger partial charge < -0.3 is 10.1 Å². The number of halogens is 1. The van der Waals surface area contributed by atoms with E-state index < -0.39 is 0 Å². The van der Waals surface area contributed by atoms with Crippen molar-refractivity contribution in [1.29, 1.82) is 0 Å². The van der Waals surface area contributed by atoms with Gasteiger partial charge in [0.25, 0.3) is 0 Å². The summed E-state index contributed by atoms with van der Waals surface area (Å²) in [4.78, 5) is 0. The average molecular weight is 277 g/mol. The maximum Gasteiger partial charge on any atom is 0.153 e. The van der Waals surface area contributed by atoms with Gasteiger partial charge in [0.15, 0.2) is 4.60 Å². The summed E-state index contributed by atoms with van der Waals surface area (Å²) in [5, 5.41) is 11.2. The van der Waals surface area contributed by atoms with Gasteiger partial charge in [-0.15, -0.1) is 5.10 Å². The molecule has 1 aromatic heterocycles. The molecule has 0 spiro atoms. The van der Waals surface area contributed by atoms with Gasteiger partial charge in [0, 0.05) is 20.8 Å². The second kappa shape index (κ2) is 6.19. The summed E-state index contributed by atoms with van der Waals surface area (Å²) in [7, 11) is 5.56. The summed E-state index contributed by atoms with van der Waals surface area (Å²) in [5.41, 5.74) is 1.08. The van der Waals surface area contributed by atoms with Crippen molar-refractivity contribution < 1.29 is 4.74 Å². The molecule has 86 valence electrons. The molecule has 0 radical (unpaired) electrons. The minimum Gasteiger partial charge on any atom is -0.385 e. The maximum atomic E-state index is 5.04. The molecule has 1 unspecified atom stereocenters. The van der Waals surface area contributed by atoms with E-state index in [1.165, 1.54) is 0 Å². The van der Waals surface area contributed by atoms with E-state index in [-0.39, 0.29) is 6.04 Å². The van der Waals surface area contributed by atoms with E-state index in [1.54, 1.807) is 11.8 Å². The molecule has 0 fully saturated rings. The lowest BCUT2D eigenvalue weighted by molar-refractivity contribution is 0.188. The number of nitrogens with one attached hydrogen (secondary N) is 1. The van der Waals surface area contributed by atoms with E-state index in [4.69, 9.17) is 4.74 Å². The summed E-state index contributed by atoms with van der Waals surface area (Å²) in [6.45, 7) is 0.779. The maximum absolute atomic E-state index is 5.04. The van der Waals surface area contributed by atoms with Crippen molar-refractivity contribution in [2.45, 2.75) is 18.9 Å². The lowest BCUT2D eigenvalue weighted by Gasteiger charge is -2.15. The van der Waals surface area contributed by atoms with Gasteiger partial charge in [0.2, 0.25) is 0 Å². The first-order valence-corrected chi connectivity index (χ1v) is 5.71. The lowest BCUT2D eigenvalue weighted by Crippen LogP contribution is -2.20. The summed E-state index contributed by atoms with van der Waals surface area (Å²) in [6.07, 6.45) is 2.02. The van der Waals surface area contributed by atoms with E-state index >= 15 is 0 Å². The number of rotatable bonds is 6. The fraction of sp³-hybridized carbons (Fsp3) is 0.778. The molecule has 0 amide bonds. The number of nitrogens with zero attached hydrogens (tertiary/aromatic N) is 3. The first-order valence-electron chi connectivity index (χ1n) is 4.92. The van der Waals surface area contributed by atoms with Crippen LogP contribution in [0.5, 0.6) is 0 Å². The number of aryl methyl sites for hydroxylation is 1. The molecule has 0 aliphatic rings. The quantitative estimate of drug-likeness (QED) is 0.795. The molecular formula is C9H17BrN4O. The molecule has 1 heterocycles. The predicted molar refractivity (Wildman–Crippen MR) is 61.6 cm³/mol. The van der Waals surface area contributed by atoms with E-state index in [0.29, 0.717) is 0 Å². The molecule has 0 aliphatic carbocycles. The summed E-state index contributed by atoms with van der Waals surface area (Å²) in [5.74, 6) is 0. The molecule has 0 aliphatic heterocycles. The molecule has 6 heteroatoms. The van der Waals surface area contributed by atoms with Gasteiger partial charge in [-0.2, -0.15) is 0 Å². The van der Waals surface area contributed by atoms with E-state index in [1.807, 2.05) is 14.1 Å². The van der Waals surface area contributed by atoms with Crippen LogP contribution in [0.3, 0.4) is 0 Å². The number of hydrogen-bond donors (Lipinski definition) is 1. The molecule has 1 atom stereocenters. The molecule has 15 heavy (non-hydrogen) atoms. The first-order chi connectivity index (χ1) is 7.20. The molecular weight excluding hydrogens is 260 g/mol. The smallest absolute Gasteiger partial charge is 0.153 e. The second-order valence-corrected chi connectivity index (χ2v) is 4.12. The van der Waals surface area contributed by atoms with Crippen LogP contribution in [-0.4, -0.2) is 35.8 Å². The average Bonchev–Trinajstić information content (AvgIpc) is 2.55. The Morgan fingerprint density at radius 1 is 1.60 bits per heavy atom. The molecule has 1 N–H and O–H groups in total. The van der Waals surface area contributed by atoms with Crippen molar-refractivity contribution in [3.8, 4) is 0 Å². The molecule has 0 bridgehead atoms. The Hall–Kier alpha value is -0.460. The molecule has 0 aromatic carbocycles. The Labute approximate surface area is 98.3 Å². The van der Waals surface area contributed by atoms with Crippen LogP contribution >= 0.6 is 15.9 Å². The second-order valence-electron chi connectivity index (χ2n) is 3.37. The summed E-state index contributed by atoms with van der Waals surface area (Å²) >= 11 is 3.40. The third kappa shape index (κ3) is 3.25. The third-order valence-electron chi connectivity index (χ3n) is 2.35. The largest absolute Gasteiger partial charge is 0.385 e. The van der Waals surface area contributed by atoms with Crippen LogP contribution in [0.2, 0.25) is 0 Å². The Morgan fingerprint density at radius 3 is 2.80 bits per heavy atom. The summed E-state index contributed by atoms with van der Waals surface area (Å²) in [6, 6.07) is 0.259. The summed E-state index contributed by atoms with van der Waals surface area (Å²) < 4.78 is 7.63. The Morgan fingerprint density at radius 2 is 2.33 bits per heavy atom. The Kier molecular flexibility index (Phi) is 5.21. The van der Waals surface area contributed by atoms with Crippen LogP contribution in [0.4, 0.5) is 0 Å². The molecule has 1 aromatic rings. The van der Waals surface area contributed by atoms with E-state index in [0.717, 1.165) is 29.7 Å². The van der Waals surface area contributed by atoms with E-state index in [2.05, 4.69) is 31.6 Å². The highest BCUT2D eigenvalue weighted by Crippen LogP contribution is 2.23. The molecule has 0 saturated heterocycles. The number of aromatic nitrogens is 3. The highest BCUT2D eigenvalue weighted by molar-refractivity contribution is 9.10. The van der Waals surface area contributed by atoms with Crippen LogP contribution in [0.15, 0.2) is 4.60 Å². The van der Waals surface area contributed by atoms with Crippen LogP contribution in [0.25, 0.3) is 0 Å². The van der Waals surface area contributed by atoms with Crippen molar-refractivity contribution in [3.05, 3.63) is 10.3 Å². The SMILES string of the molecule is CNC(CCCOC)c1c(Br)nnn1C. The van der Waals surface area contributed by atoms with Crippen molar-refractivity contribution in [1.82, 2.24) is 20.3 Å². The van der Waals surface area contributed by atoms with Crippen LogP contribution in [0.1, 0.15) is 24.6 Å². The highest BCUT2D eigenvalue weighted by Gasteiger charge is 2.17. The molecule has 1 rings (SSSR count). The van der Waals surface area contributed by atoms with Gasteiger partial charge in [-0.1, -0.05) is 5.21 Å². The normalized spacial score (nSPS) is 13.1. The zero-order chi connectivity index (χ0) is 11.3. The topological polar surface area (TPSA) is 52.0 Å². The Balaban J connectivity index is 2.65. The van der Waals surface area contributed by atoms with Crippen molar-refractivity contribution in [2.24, 2.45) is 7.05 Å². The van der Waals surface area contributed by atoms with Gasteiger partial charge in [0.05, 0.1) is 11.7 Å². The number of hydrogen-bond acceptors (Lipinski definition) is 4. The van der Waals surface area contributed by atoms with Crippen LogP contribution in [-0.2, 0) is 11.8 Å². The highest BCUT2D eigenvalue weighted by atomic mass is 79.9. The monoisotopic (exact) mass is 276 g/mol. The zero-order valence-electron chi connectivity index (χ0n) is 9.33. The van der Waals surface area contributed by atoms with Gasteiger partial charge in [-0.25, -0.2) is 4.68 Å². The van der Waals surface area contributed by atoms with Gasteiger partial charge >= 0.3 is 0 Å². The van der Waals surface area contributed by atoms with Gasteiger partial charge in [-0.3, -0.25) is 0 Å². The minimum absolute atomic E-state index is 0.259. The zero-order valence-corrected chi connectivity index (χ0v) is 10.9. The van der Waals surface area contributed by atoms with E-state index in [9.17, 15) is 0 Å². The van der Waals surface area contributed by atoms with Gasteiger partial charge in [0.1, 0.15) is 0 Å². The van der Waals surface area contributed by atoms with Crippen molar-refractivity contribution >= 4 is 15.9 Å². The molecule has 5 nitrogen and oxygen atoms in total. The minimum atomic E-state index is 0.259. The predicted octanol–water partition coefficient (Wildman–Crippen LogP) is 1.26. The first kappa shape index (κ1) is 12.6. The van der Waals surface area contributed by atoms with Crippen LogP contribution < -0.4 is 5.32 Å². The lowest BCUT2D eigenvalue weighted by atomic mass is 10.1.